The van der Waals surface area contributed by atoms with Crippen LogP contribution in [-0.4, -0.2) is 78.0 Å². The minimum absolute atomic E-state index is 0.0907. The number of methoxy groups -OCH3 is 1. The molecule has 2 aliphatic heterocycles. The first-order valence-corrected chi connectivity index (χ1v) is 11.4. The fourth-order valence-electron chi connectivity index (χ4n) is 4.46. The average molecular weight is 482 g/mol. The first kappa shape index (κ1) is 24.4. The molecule has 0 saturated carbocycles. The third kappa shape index (κ3) is 5.18. The molecule has 0 bridgehead atoms. The van der Waals surface area contributed by atoms with E-state index in [-0.39, 0.29) is 23.6 Å². The van der Waals surface area contributed by atoms with Gasteiger partial charge in [0.15, 0.2) is 0 Å². The van der Waals surface area contributed by atoms with Gasteiger partial charge in [-0.2, -0.15) is 0 Å². The van der Waals surface area contributed by atoms with Crippen molar-refractivity contribution in [3.63, 3.8) is 0 Å². The minimum Gasteiger partial charge on any atom is -0.507 e. The fraction of sp³-hybridized carbons (Fsp3) is 0.360. The zero-order valence-electron chi connectivity index (χ0n) is 19.4. The summed E-state index contributed by atoms with van der Waals surface area (Å²) >= 11 is 0. The summed E-state index contributed by atoms with van der Waals surface area (Å²) in [5.41, 5.74) is 0.477. The lowest BCUT2D eigenvalue weighted by Gasteiger charge is -2.29. The fourth-order valence-corrected chi connectivity index (χ4v) is 4.46. The van der Waals surface area contributed by atoms with E-state index in [1.54, 1.807) is 30.3 Å². The number of likely N-dealkylation sites (tertiary alicyclic amines) is 1. The first-order chi connectivity index (χ1) is 16.9. The lowest BCUT2D eigenvalue weighted by molar-refractivity contribution is -0.384. The summed E-state index contributed by atoms with van der Waals surface area (Å²) < 4.78 is 10.5. The molecule has 10 heteroatoms. The molecule has 2 fully saturated rings. The van der Waals surface area contributed by atoms with Crippen LogP contribution < -0.4 is 4.74 Å². The number of nitro benzene ring substituents is 1. The van der Waals surface area contributed by atoms with Crippen molar-refractivity contribution in [2.24, 2.45) is 0 Å². The minimum atomic E-state index is -0.943. The summed E-state index contributed by atoms with van der Waals surface area (Å²) in [5, 5.41) is 22.5. The summed E-state index contributed by atoms with van der Waals surface area (Å²) in [6.45, 7) is 3.87. The van der Waals surface area contributed by atoms with E-state index < -0.39 is 22.7 Å². The Morgan fingerprint density at radius 1 is 1.14 bits per heavy atom. The first-order valence-electron chi connectivity index (χ1n) is 11.4. The highest BCUT2D eigenvalue weighted by Gasteiger charge is 2.46. The Hall–Kier alpha value is -3.76. The number of hydrogen-bond acceptors (Lipinski definition) is 8. The molecule has 4 rings (SSSR count). The van der Waals surface area contributed by atoms with Gasteiger partial charge >= 0.3 is 0 Å². The molecule has 2 aliphatic rings. The van der Waals surface area contributed by atoms with Crippen molar-refractivity contribution in [3.05, 3.63) is 75.3 Å². The Labute approximate surface area is 202 Å². The van der Waals surface area contributed by atoms with E-state index >= 15 is 0 Å². The van der Waals surface area contributed by atoms with Gasteiger partial charge in [-0.25, -0.2) is 0 Å². The number of hydrogen-bond donors (Lipinski definition) is 1. The number of carbonyl (C=O) groups is 2. The number of nitro groups is 1. The van der Waals surface area contributed by atoms with E-state index in [2.05, 4.69) is 4.90 Å². The Balaban J connectivity index is 1.70. The molecule has 2 aromatic rings. The van der Waals surface area contributed by atoms with Gasteiger partial charge in [-0.05, 0) is 36.2 Å². The zero-order chi connectivity index (χ0) is 24.9. The highest BCUT2D eigenvalue weighted by atomic mass is 16.6. The van der Waals surface area contributed by atoms with Crippen LogP contribution in [0, 0.1) is 10.1 Å². The van der Waals surface area contributed by atoms with Crippen molar-refractivity contribution in [2.45, 2.75) is 12.5 Å². The molecule has 2 aromatic carbocycles. The number of non-ortho nitro benzene ring substituents is 1. The van der Waals surface area contributed by atoms with Gasteiger partial charge in [0.1, 0.15) is 11.5 Å². The molecular weight excluding hydrogens is 454 g/mol. The second-order valence-electron chi connectivity index (χ2n) is 8.38. The maximum absolute atomic E-state index is 13.1. The van der Waals surface area contributed by atoms with Crippen LogP contribution in [0.15, 0.2) is 54.1 Å². The van der Waals surface area contributed by atoms with Crippen LogP contribution in [-0.2, 0) is 14.3 Å². The van der Waals surface area contributed by atoms with Crippen molar-refractivity contribution in [2.75, 3.05) is 46.5 Å². The normalized spacial score (nSPS) is 20.3. The van der Waals surface area contributed by atoms with Crippen LogP contribution in [0.1, 0.15) is 23.6 Å². The molecule has 1 atom stereocenters. The predicted octanol–water partition coefficient (Wildman–Crippen LogP) is 2.75. The Kier molecular flexibility index (Phi) is 7.42. The Morgan fingerprint density at radius 2 is 1.86 bits per heavy atom. The zero-order valence-corrected chi connectivity index (χ0v) is 19.4. The number of aliphatic hydroxyl groups is 1. The second-order valence-corrected chi connectivity index (χ2v) is 8.38. The number of benzene rings is 2. The monoisotopic (exact) mass is 481 g/mol. The van der Waals surface area contributed by atoms with Gasteiger partial charge in [-0.15, -0.1) is 0 Å². The van der Waals surface area contributed by atoms with Crippen LogP contribution in [0.2, 0.25) is 0 Å². The number of ketones is 1. The molecule has 35 heavy (non-hydrogen) atoms. The molecule has 2 saturated heterocycles. The van der Waals surface area contributed by atoms with Crippen LogP contribution in [0.5, 0.6) is 5.75 Å². The van der Waals surface area contributed by atoms with Gasteiger partial charge in [0.25, 0.3) is 17.4 Å². The van der Waals surface area contributed by atoms with Crippen molar-refractivity contribution in [1.82, 2.24) is 9.80 Å². The number of rotatable bonds is 8. The maximum atomic E-state index is 13.1. The van der Waals surface area contributed by atoms with Crippen molar-refractivity contribution < 1.29 is 29.1 Å². The highest BCUT2D eigenvalue weighted by Crippen LogP contribution is 2.40. The summed E-state index contributed by atoms with van der Waals surface area (Å²) in [6.07, 6.45) is 0.598. The molecule has 0 aliphatic carbocycles. The molecule has 0 unspecified atom stereocenters. The molecular formula is C25H27N3O7. The lowest BCUT2D eigenvalue weighted by atomic mass is 9.95. The van der Waals surface area contributed by atoms with Gasteiger partial charge in [0, 0.05) is 43.9 Å². The Morgan fingerprint density at radius 3 is 2.51 bits per heavy atom. The van der Waals surface area contributed by atoms with Crippen LogP contribution in [0.25, 0.3) is 5.76 Å². The van der Waals surface area contributed by atoms with E-state index in [0.717, 1.165) is 13.1 Å². The number of aliphatic hydroxyl groups excluding tert-OH is 1. The Bertz CT molecular complexity index is 1140. The summed E-state index contributed by atoms with van der Waals surface area (Å²) in [4.78, 5) is 40.7. The summed E-state index contributed by atoms with van der Waals surface area (Å²) in [6, 6.07) is 11.3. The molecule has 184 valence electrons. The van der Waals surface area contributed by atoms with Gasteiger partial charge < -0.3 is 19.5 Å². The lowest BCUT2D eigenvalue weighted by Crippen LogP contribution is -2.39. The van der Waals surface area contributed by atoms with Crippen molar-refractivity contribution in [1.29, 1.82) is 0 Å². The highest BCUT2D eigenvalue weighted by molar-refractivity contribution is 6.46. The van der Waals surface area contributed by atoms with Crippen LogP contribution in [0.4, 0.5) is 5.69 Å². The standard InChI is InChI=1S/C25H27N3O7/c1-34-20-8-6-17(7-9-20)23(29)21-22(18-4-2-5-19(16-18)28(32)33)27(25(31)24(21)30)11-3-10-26-12-14-35-15-13-26/h2,4-9,16,22,29H,3,10-15H2,1H3/b23-21+/t22-/m1/s1. The molecule has 0 radical (unpaired) electrons. The maximum Gasteiger partial charge on any atom is 0.295 e. The number of morpholine rings is 1. The third-order valence-corrected chi connectivity index (χ3v) is 6.28. The van der Waals surface area contributed by atoms with Gasteiger partial charge in [-0.3, -0.25) is 24.6 Å². The number of Topliss-reactive ketones (excluding diaryl/α,β-unsaturated/α-hetero) is 1. The van der Waals surface area contributed by atoms with Crippen molar-refractivity contribution in [3.8, 4) is 5.75 Å². The molecule has 10 nitrogen and oxygen atoms in total. The number of amides is 1. The quantitative estimate of drug-likeness (QED) is 0.201. The third-order valence-electron chi connectivity index (χ3n) is 6.28. The van der Waals surface area contributed by atoms with Crippen LogP contribution in [0.3, 0.4) is 0 Å². The van der Waals surface area contributed by atoms with E-state index in [0.29, 0.717) is 43.1 Å². The summed E-state index contributed by atoms with van der Waals surface area (Å²) in [5.74, 6) is -1.32. The van der Waals surface area contributed by atoms with Gasteiger partial charge in [0.2, 0.25) is 0 Å². The number of ether oxygens (including phenoxy) is 2. The number of nitrogens with zero attached hydrogens (tertiary/aromatic N) is 3. The predicted molar refractivity (Wildman–Crippen MR) is 127 cm³/mol. The SMILES string of the molecule is COc1ccc(/C(O)=C2\C(=O)C(=O)N(CCCN3CCOCC3)[C@@H]2c2cccc([N+](=O)[O-])c2)cc1. The molecule has 0 spiro atoms. The van der Waals surface area contributed by atoms with Crippen molar-refractivity contribution >= 4 is 23.1 Å². The van der Waals surface area contributed by atoms with E-state index in [9.17, 15) is 24.8 Å². The van der Waals surface area contributed by atoms with Gasteiger partial charge in [0.05, 0.1) is 36.9 Å². The average Bonchev–Trinajstić information content (AvgIpc) is 3.14. The molecule has 2 heterocycles. The molecule has 1 N–H and O–H groups in total. The van der Waals surface area contributed by atoms with Crippen LogP contribution >= 0.6 is 0 Å². The second kappa shape index (κ2) is 10.7. The smallest absolute Gasteiger partial charge is 0.295 e. The van der Waals surface area contributed by atoms with Gasteiger partial charge in [-0.1, -0.05) is 12.1 Å². The van der Waals surface area contributed by atoms with E-state index in [1.807, 2.05) is 0 Å². The largest absolute Gasteiger partial charge is 0.507 e. The topological polar surface area (TPSA) is 122 Å². The molecule has 1 amide bonds. The van der Waals surface area contributed by atoms with E-state index in [1.165, 1.54) is 30.2 Å². The number of carbonyl (C=O) groups excluding carboxylic acids is 2. The molecule has 0 aromatic heterocycles. The van der Waals surface area contributed by atoms with E-state index in [4.69, 9.17) is 9.47 Å². The summed E-state index contributed by atoms with van der Waals surface area (Å²) in [7, 11) is 1.51.